The van der Waals surface area contributed by atoms with Crippen molar-refractivity contribution < 1.29 is 42.1 Å². The Morgan fingerprint density at radius 3 is 2.03 bits per heavy atom. The summed E-state index contributed by atoms with van der Waals surface area (Å²) in [5.41, 5.74) is 1.03. The predicted molar refractivity (Wildman–Crippen MR) is 127 cm³/mol. The normalized spacial score (nSPS) is 11.3. The lowest BCUT2D eigenvalue weighted by Gasteiger charge is -2.12. The molecule has 0 aliphatic rings. The molecule has 1 N–H and O–H groups in total. The number of Topliss-reactive ketones (excluding diaryl/α,β-unsaturated/α-hetero) is 1. The van der Waals surface area contributed by atoms with E-state index in [4.69, 9.17) is 24.1 Å². The Morgan fingerprint density at radius 2 is 1.50 bits per heavy atom. The van der Waals surface area contributed by atoms with Crippen LogP contribution in [0.15, 0.2) is 35.7 Å². The third-order valence-corrected chi connectivity index (χ3v) is 6.21. The molecule has 184 valence electrons. The maximum atomic E-state index is 12.8. The van der Waals surface area contributed by atoms with Crippen LogP contribution in [0, 0.1) is 0 Å². The number of carboxylic acids is 1. The highest BCUT2D eigenvalue weighted by Crippen LogP contribution is 2.35. The van der Waals surface area contributed by atoms with E-state index in [0.29, 0.717) is 34.1 Å². The summed E-state index contributed by atoms with van der Waals surface area (Å²) in [7, 11) is 2.06. The minimum Gasteiger partial charge on any atom is -0.496 e. The van der Waals surface area contributed by atoms with Crippen LogP contribution >= 0.6 is 0 Å². The number of aliphatic carboxylic acids is 1. The van der Waals surface area contributed by atoms with Crippen LogP contribution in [-0.2, 0) is 20.4 Å². The molecule has 0 aliphatic heterocycles. The van der Waals surface area contributed by atoms with Crippen molar-refractivity contribution in [2.75, 3.05) is 28.4 Å². The average Bonchev–Trinajstić information content (AvgIpc) is 2.81. The van der Waals surface area contributed by atoms with Gasteiger partial charge in [-0.2, -0.15) is 0 Å². The smallest absolute Gasteiger partial charge is 0.303 e. The van der Waals surface area contributed by atoms with Gasteiger partial charge in [0.15, 0.2) is 15.6 Å². The van der Waals surface area contributed by atoms with E-state index in [1.165, 1.54) is 46.6 Å². The van der Waals surface area contributed by atoms with Crippen molar-refractivity contribution in [1.29, 1.82) is 0 Å². The van der Waals surface area contributed by atoms with E-state index in [9.17, 15) is 18.0 Å². The Morgan fingerprint density at radius 1 is 0.882 bits per heavy atom. The topological polar surface area (TPSA) is 125 Å². The van der Waals surface area contributed by atoms with Crippen LogP contribution in [-0.4, -0.2) is 53.7 Å². The number of ketones is 1. The molecule has 10 heteroatoms. The van der Waals surface area contributed by atoms with E-state index in [2.05, 4.69) is 0 Å². The lowest BCUT2D eigenvalue weighted by Crippen LogP contribution is -2.07. The molecule has 2 aromatic carbocycles. The van der Waals surface area contributed by atoms with Gasteiger partial charge in [0, 0.05) is 30.4 Å². The zero-order chi connectivity index (χ0) is 25.3. The highest BCUT2D eigenvalue weighted by Gasteiger charge is 2.17. The maximum Gasteiger partial charge on any atom is 0.303 e. The molecule has 0 bridgehead atoms. The van der Waals surface area contributed by atoms with E-state index in [1.807, 2.05) is 0 Å². The van der Waals surface area contributed by atoms with Gasteiger partial charge in [-0.15, -0.1) is 0 Å². The first-order valence-corrected chi connectivity index (χ1v) is 12.0. The number of hydrogen-bond acceptors (Lipinski definition) is 8. The molecular formula is C24H28O9S. The van der Waals surface area contributed by atoms with E-state index >= 15 is 0 Å². The first kappa shape index (κ1) is 26.7. The van der Waals surface area contributed by atoms with Crippen molar-refractivity contribution in [3.05, 3.63) is 52.4 Å². The molecule has 0 radical (unpaired) electrons. The molecular weight excluding hydrogens is 464 g/mol. The second kappa shape index (κ2) is 12.1. The second-order valence-corrected chi connectivity index (χ2v) is 9.15. The maximum absolute atomic E-state index is 12.8. The summed E-state index contributed by atoms with van der Waals surface area (Å²) < 4.78 is 46.7. The zero-order valence-electron chi connectivity index (χ0n) is 19.5. The SMILES string of the molecule is COc1cc(OC)c(/C=C/S(=O)(=O)Cc2ccc(OC)c(C(=O)CCCC(=O)O)c2)c(OC)c1. The Bertz CT molecular complexity index is 1140. The van der Waals surface area contributed by atoms with Gasteiger partial charge in [0.1, 0.15) is 23.0 Å². The number of carboxylic acid groups (broad SMARTS) is 1. The fraction of sp³-hybridized carbons (Fsp3) is 0.333. The Labute approximate surface area is 198 Å². The summed E-state index contributed by atoms with van der Waals surface area (Å²) >= 11 is 0. The van der Waals surface area contributed by atoms with E-state index in [1.54, 1.807) is 18.2 Å². The first-order chi connectivity index (χ1) is 16.1. The number of ether oxygens (including phenoxy) is 4. The quantitative estimate of drug-likeness (QED) is 0.416. The van der Waals surface area contributed by atoms with Crippen molar-refractivity contribution in [3.8, 4) is 23.0 Å². The number of carbonyl (C=O) groups excluding carboxylic acids is 1. The van der Waals surface area contributed by atoms with Gasteiger partial charge >= 0.3 is 5.97 Å². The van der Waals surface area contributed by atoms with Gasteiger partial charge in [-0.1, -0.05) is 6.07 Å². The number of methoxy groups -OCH3 is 4. The Balaban J connectivity index is 2.29. The summed E-state index contributed by atoms with van der Waals surface area (Å²) in [5.74, 6) is -0.124. The van der Waals surface area contributed by atoms with Gasteiger partial charge in [0.05, 0.1) is 45.3 Å². The summed E-state index contributed by atoms with van der Waals surface area (Å²) in [4.78, 5) is 23.3. The molecule has 0 amide bonds. The zero-order valence-corrected chi connectivity index (χ0v) is 20.3. The molecule has 0 aromatic heterocycles. The van der Waals surface area contributed by atoms with E-state index in [0.717, 1.165) is 5.41 Å². The minimum atomic E-state index is -3.74. The lowest BCUT2D eigenvalue weighted by atomic mass is 10.0. The predicted octanol–water partition coefficient (Wildman–Crippen LogP) is 3.74. The molecule has 9 nitrogen and oxygen atoms in total. The molecule has 0 atom stereocenters. The van der Waals surface area contributed by atoms with Crippen molar-refractivity contribution in [1.82, 2.24) is 0 Å². The lowest BCUT2D eigenvalue weighted by molar-refractivity contribution is -0.137. The molecule has 0 saturated heterocycles. The number of rotatable bonds is 13. The summed E-state index contributed by atoms with van der Waals surface area (Å²) in [6.07, 6.45) is 1.43. The molecule has 0 unspecified atom stereocenters. The van der Waals surface area contributed by atoms with Crippen LogP contribution in [0.5, 0.6) is 23.0 Å². The highest BCUT2D eigenvalue weighted by molar-refractivity contribution is 7.93. The number of carbonyl (C=O) groups is 2. The van der Waals surface area contributed by atoms with Gasteiger partial charge in [0.2, 0.25) is 0 Å². The van der Waals surface area contributed by atoms with Gasteiger partial charge < -0.3 is 24.1 Å². The average molecular weight is 493 g/mol. The molecule has 0 aliphatic carbocycles. The minimum absolute atomic E-state index is 0.00975. The van der Waals surface area contributed by atoms with Crippen LogP contribution < -0.4 is 18.9 Å². The monoisotopic (exact) mass is 492 g/mol. The summed E-state index contributed by atoms with van der Waals surface area (Å²) in [6, 6.07) is 7.77. The fourth-order valence-corrected chi connectivity index (χ4v) is 4.33. The Hall–Kier alpha value is -3.53. The summed E-state index contributed by atoms with van der Waals surface area (Å²) in [5, 5.41) is 9.82. The van der Waals surface area contributed by atoms with Crippen LogP contribution in [0.25, 0.3) is 6.08 Å². The molecule has 2 aromatic rings. The van der Waals surface area contributed by atoms with Crippen LogP contribution in [0.1, 0.15) is 40.7 Å². The molecule has 2 rings (SSSR count). The molecule has 0 fully saturated rings. The summed E-state index contributed by atoms with van der Waals surface area (Å²) in [6.45, 7) is 0. The third kappa shape index (κ3) is 7.24. The molecule has 0 saturated carbocycles. The second-order valence-electron chi connectivity index (χ2n) is 7.26. The van der Waals surface area contributed by atoms with Crippen LogP contribution in [0.4, 0.5) is 0 Å². The fourth-order valence-electron chi connectivity index (χ4n) is 3.25. The van der Waals surface area contributed by atoms with Gasteiger partial charge in [0.25, 0.3) is 0 Å². The standard InChI is InChI=1S/C24H28O9S/c1-30-17-13-22(32-3)18(23(14-17)33-4)10-11-34(28,29)15-16-8-9-21(31-2)19(12-16)20(25)6-5-7-24(26)27/h8-14H,5-7,15H2,1-4H3,(H,26,27)/b11-10+. The van der Waals surface area contributed by atoms with Crippen LogP contribution in [0.3, 0.4) is 0 Å². The highest BCUT2D eigenvalue weighted by atomic mass is 32.2. The number of sulfone groups is 1. The van der Waals surface area contributed by atoms with E-state index in [-0.39, 0.29) is 36.4 Å². The van der Waals surface area contributed by atoms with Gasteiger partial charge in [-0.05, 0) is 30.2 Å². The van der Waals surface area contributed by atoms with Gasteiger partial charge in [-0.25, -0.2) is 8.42 Å². The van der Waals surface area contributed by atoms with E-state index < -0.39 is 15.8 Å². The van der Waals surface area contributed by atoms with Crippen molar-refractivity contribution >= 4 is 27.7 Å². The van der Waals surface area contributed by atoms with Crippen molar-refractivity contribution in [2.45, 2.75) is 25.0 Å². The largest absolute Gasteiger partial charge is 0.496 e. The Kier molecular flexibility index (Phi) is 9.49. The van der Waals surface area contributed by atoms with Crippen molar-refractivity contribution in [2.24, 2.45) is 0 Å². The molecule has 0 spiro atoms. The van der Waals surface area contributed by atoms with Crippen LogP contribution in [0.2, 0.25) is 0 Å². The van der Waals surface area contributed by atoms with Gasteiger partial charge in [-0.3, -0.25) is 9.59 Å². The first-order valence-electron chi connectivity index (χ1n) is 10.3. The number of benzene rings is 2. The number of hydrogen-bond donors (Lipinski definition) is 1. The molecule has 0 heterocycles. The van der Waals surface area contributed by atoms with Crippen molar-refractivity contribution in [3.63, 3.8) is 0 Å². The third-order valence-electron chi connectivity index (χ3n) is 4.92. The molecule has 34 heavy (non-hydrogen) atoms.